The summed E-state index contributed by atoms with van der Waals surface area (Å²) in [5.41, 5.74) is 6.52. The first-order valence-corrected chi connectivity index (χ1v) is 4.33. The molecule has 1 rings (SSSR count). The molecular weight excluding hydrogens is 168 g/mol. The molecule has 0 amide bonds. The van der Waals surface area contributed by atoms with Crippen molar-refractivity contribution >= 4 is 11.5 Å². The Balaban J connectivity index is 2.82. The lowest BCUT2D eigenvalue weighted by Crippen LogP contribution is -2.33. The predicted molar refractivity (Wildman–Crippen MR) is 52.6 cm³/mol. The van der Waals surface area contributed by atoms with Crippen molar-refractivity contribution in [3.8, 4) is 0 Å². The summed E-state index contributed by atoms with van der Waals surface area (Å²) >= 11 is 0. The number of nitrogen functional groups attached to an aromatic ring is 1. The van der Waals surface area contributed by atoms with Crippen LogP contribution in [0.4, 0.5) is 11.5 Å². The standard InChI is InChI=1S/C8H16N4O/c1-6(2)12(3-4-13)7-5-10-11-8(7)9/h5-6,13H,3-4H2,1-2H3,(H3,9,10,11). The molecule has 0 aromatic carbocycles. The van der Waals surface area contributed by atoms with E-state index in [-0.39, 0.29) is 6.61 Å². The number of hydrogen-bond acceptors (Lipinski definition) is 4. The molecule has 0 aliphatic rings. The number of nitrogens with two attached hydrogens (primary N) is 1. The highest BCUT2D eigenvalue weighted by atomic mass is 16.3. The highest BCUT2D eigenvalue weighted by Crippen LogP contribution is 2.21. The van der Waals surface area contributed by atoms with Crippen molar-refractivity contribution in [2.75, 3.05) is 23.8 Å². The van der Waals surface area contributed by atoms with E-state index >= 15 is 0 Å². The minimum Gasteiger partial charge on any atom is -0.395 e. The van der Waals surface area contributed by atoms with Gasteiger partial charge in [0.25, 0.3) is 0 Å². The number of nitrogens with one attached hydrogen (secondary N) is 1. The predicted octanol–water partition coefficient (Wildman–Crippen LogP) is 0.199. The summed E-state index contributed by atoms with van der Waals surface area (Å²) in [5, 5.41) is 15.4. The number of hydrogen-bond donors (Lipinski definition) is 3. The maximum Gasteiger partial charge on any atom is 0.142 e. The molecule has 0 spiro atoms. The largest absolute Gasteiger partial charge is 0.395 e. The van der Waals surface area contributed by atoms with Gasteiger partial charge >= 0.3 is 0 Å². The molecule has 0 unspecified atom stereocenters. The second-order valence-corrected chi connectivity index (χ2v) is 3.18. The van der Waals surface area contributed by atoms with Gasteiger partial charge in [-0.3, -0.25) is 5.10 Å². The minimum atomic E-state index is 0.114. The van der Waals surface area contributed by atoms with E-state index in [4.69, 9.17) is 10.8 Å². The van der Waals surface area contributed by atoms with Gasteiger partial charge in [-0.25, -0.2) is 0 Å². The summed E-state index contributed by atoms with van der Waals surface area (Å²) < 4.78 is 0. The zero-order valence-corrected chi connectivity index (χ0v) is 7.99. The molecule has 0 aliphatic carbocycles. The van der Waals surface area contributed by atoms with Crippen molar-refractivity contribution in [1.29, 1.82) is 0 Å². The van der Waals surface area contributed by atoms with Crippen LogP contribution in [0.25, 0.3) is 0 Å². The molecular formula is C8H16N4O. The number of aromatic amines is 1. The van der Waals surface area contributed by atoms with Crippen LogP contribution in [0, 0.1) is 0 Å². The molecule has 0 saturated carbocycles. The van der Waals surface area contributed by atoms with Gasteiger partial charge in [-0.2, -0.15) is 5.10 Å². The first kappa shape index (κ1) is 9.85. The van der Waals surface area contributed by atoms with Crippen LogP contribution in [-0.2, 0) is 0 Å². The molecule has 0 aliphatic heterocycles. The molecule has 1 heterocycles. The van der Waals surface area contributed by atoms with Crippen molar-refractivity contribution in [2.45, 2.75) is 19.9 Å². The Morgan fingerprint density at radius 1 is 1.69 bits per heavy atom. The maximum absolute atomic E-state index is 8.86. The second-order valence-electron chi connectivity index (χ2n) is 3.18. The van der Waals surface area contributed by atoms with Gasteiger partial charge in [-0.15, -0.1) is 0 Å². The number of aromatic nitrogens is 2. The number of H-pyrrole nitrogens is 1. The summed E-state index contributed by atoms with van der Waals surface area (Å²) in [7, 11) is 0. The average Bonchev–Trinajstić information content (AvgIpc) is 2.47. The lowest BCUT2D eigenvalue weighted by molar-refractivity contribution is 0.299. The normalized spacial score (nSPS) is 10.8. The quantitative estimate of drug-likeness (QED) is 0.624. The lowest BCUT2D eigenvalue weighted by atomic mass is 10.3. The maximum atomic E-state index is 8.86. The molecule has 0 bridgehead atoms. The van der Waals surface area contributed by atoms with Crippen molar-refractivity contribution in [3.05, 3.63) is 6.20 Å². The van der Waals surface area contributed by atoms with E-state index in [1.54, 1.807) is 6.20 Å². The van der Waals surface area contributed by atoms with Crippen LogP contribution in [0.3, 0.4) is 0 Å². The molecule has 0 radical (unpaired) electrons. The molecule has 74 valence electrons. The van der Waals surface area contributed by atoms with Gasteiger partial charge in [-0.05, 0) is 13.8 Å². The van der Waals surface area contributed by atoms with Crippen molar-refractivity contribution < 1.29 is 5.11 Å². The molecule has 5 nitrogen and oxygen atoms in total. The Morgan fingerprint density at radius 3 is 2.77 bits per heavy atom. The summed E-state index contributed by atoms with van der Waals surface area (Å²) in [5.74, 6) is 0.544. The first-order valence-electron chi connectivity index (χ1n) is 4.33. The van der Waals surface area contributed by atoms with Crippen LogP contribution in [-0.4, -0.2) is 34.5 Å². The Bertz CT molecular complexity index is 258. The summed E-state index contributed by atoms with van der Waals surface area (Å²) in [6, 6.07) is 0.298. The molecule has 4 N–H and O–H groups in total. The van der Waals surface area contributed by atoms with Gasteiger partial charge in [0.15, 0.2) is 0 Å². The van der Waals surface area contributed by atoms with Crippen LogP contribution in [0.15, 0.2) is 6.20 Å². The SMILES string of the molecule is CC(C)N(CCO)c1cn[nH]c1N. The van der Waals surface area contributed by atoms with E-state index < -0.39 is 0 Å². The monoisotopic (exact) mass is 184 g/mol. The van der Waals surface area contributed by atoms with E-state index in [0.717, 1.165) is 5.69 Å². The van der Waals surface area contributed by atoms with Crippen LogP contribution in [0.1, 0.15) is 13.8 Å². The number of aliphatic hydroxyl groups is 1. The van der Waals surface area contributed by atoms with Crippen LogP contribution in [0.5, 0.6) is 0 Å². The topological polar surface area (TPSA) is 78.2 Å². The number of aliphatic hydroxyl groups excluding tert-OH is 1. The van der Waals surface area contributed by atoms with Gasteiger partial charge < -0.3 is 15.7 Å². The average molecular weight is 184 g/mol. The summed E-state index contributed by atoms with van der Waals surface area (Å²) in [6.07, 6.45) is 1.67. The zero-order chi connectivity index (χ0) is 9.84. The third-order valence-corrected chi connectivity index (χ3v) is 1.92. The van der Waals surface area contributed by atoms with Gasteiger partial charge in [-0.1, -0.05) is 0 Å². The van der Waals surface area contributed by atoms with Crippen molar-refractivity contribution in [2.24, 2.45) is 0 Å². The summed E-state index contributed by atoms with van der Waals surface area (Å²) in [6.45, 7) is 4.77. The Labute approximate surface area is 77.5 Å². The molecule has 0 atom stereocenters. The molecule has 13 heavy (non-hydrogen) atoms. The third-order valence-electron chi connectivity index (χ3n) is 1.92. The van der Waals surface area contributed by atoms with Crippen LogP contribution < -0.4 is 10.6 Å². The van der Waals surface area contributed by atoms with E-state index in [1.165, 1.54) is 0 Å². The van der Waals surface area contributed by atoms with Gasteiger partial charge in [0.1, 0.15) is 5.82 Å². The number of rotatable bonds is 4. The number of anilines is 2. The molecule has 0 saturated heterocycles. The van der Waals surface area contributed by atoms with E-state index in [9.17, 15) is 0 Å². The molecule has 5 heteroatoms. The molecule has 1 aromatic rings. The fraction of sp³-hybridized carbons (Fsp3) is 0.625. The van der Waals surface area contributed by atoms with Crippen molar-refractivity contribution in [1.82, 2.24) is 10.2 Å². The first-order chi connectivity index (χ1) is 6.16. The fourth-order valence-electron chi connectivity index (χ4n) is 1.28. The van der Waals surface area contributed by atoms with E-state index in [1.807, 2.05) is 18.7 Å². The molecule has 1 aromatic heterocycles. The second kappa shape index (κ2) is 4.13. The van der Waals surface area contributed by atoms with Crippen molar-refractivity contribution in [3.63, 3.8) is 0 Å². The van der Waals surface area contributed by atoms with Gasteiger partial charge in [0, 0.05) is 12.6 Å². The third kappa shape index (κ3) is 2.12. The number of nitrogens with zero attached hydrogens (tertiary/aromatic N) is 2. The van der Waals surface area contributed by atoms with Gasteiger partial charge in [0.2, 0.25) is 0 Å². The molecule has 0 fully saturated rings. The minimum absolute atomic E-state index is 0.114. The van der Waals surface area contributed by atoms with E-state index in [2.05, 4.69) is 10.2 Å². The Morgan fingerprint density at radius 2 is 2.38 bits per heavy atom. The fourth-order valence-corrected chi connectivity index (χ4v) is 1.28. The lowest BCUT2D eigenvalue weighted by Gasteiger charge is -2.26. The highest BCUT2D eigenvalue weighted by molar-refractivity contribution is 5.62. The van der Waals surface area contributed by atoms with Crippen LogP contribution >= 0.6 is 0 Å². The Hall–Kier alpha value is -1.23. The smallest absolute Gasteiger partial charge is 0.142 e. The van der Waals surface area contributed by atoms with Crippen LogP contribution in [0.2, 0.25) is 0 Å². The highest BCUT2D eigenvalue weighted by Gasteiger charge is 2.13. The summed E-state index contributed by atoms with van der Waals surface area (Å²) in [4.78, 5) is 2.00. The zero-order valence-electron chi connectivity index (χ0n) is 7.99. The van der Waals surface area contributed by atoms with Gasteiger partial charge in [0.05, 0.1) is 18.5 Å². The van der Waals surface area contributed by atoms with E-state index in [0.29, 0.717) is 18.4 Å². The Kier molecular flexibility index (Phi) is 3.13.